The second-order valence-corrected chi connectivity index (χ2v) is 3.16. The van der Waals surface area contributed by atoms with Gasteiger partial charge in [-0.15, -0.1) is 0 Å². The number of amides is 1. The first-order valence-electron chi connectivity index (χ1n) is 4.70. The lowest BCUT2D eigenvalue weighted by atomic mass is 9.80. The molecule has 7 heteroatoms. The summed E-state index contributed by atoms with van der Waals surface area (Å²) >= 11 is 0. The largest absolute Gasteiger partial charge is 0.488 e. The molecule has 0 atom stereocenters. The van der Waals surface area contributed by atoms with Gasteiger partial charge in [-0.25, -0.2) is 4.39 Å². The second kappa shape index (κ2) is 5.59. The molecule has 16 heavy (non-hydrogen) atoms. The Bertz CT molecular complexity index is 387. The van der Waals surface area contributed by atoms with Gasteiger partial charge in [0.2, 0.25) is 0 Å². The average molecular weight is 226 g/mol. The first-order chi connectivity index (χ1) is 7.56. The number of halogens is 1. The number of carbonyl (C=O) groups excluding carboxylic acids is 1. The van der Waals surface area contributed by atoms with Crippen LogP contribution in [-0.2, 0) is 0 Å². The van der Waals surface area contributed by atoms with E-state index in [1.807, 2.05) is 0 Å². The van der Waals surface area contributed by atoms with Gasteiger partial charge in [-0.1, -0.05) is 6.07 Å². The van der Waals surface area contributed by atoms with Crippen LogP contribution in [0, 0.1) is 5.82 Å². The zero-order valence-electron chi connectivity index (χ0n) is 8.48. The number of benzene rings is 1. The topological polar surface area (TPSA) is 95.6 Å². The first-order valence-corrected chi connectivity index (χ1v) is 4.70. The zero-order chi connectivity index (χ0) is 12.1. The summed E-state index contributed by atoms with van der Waals surface area (Å²) in [5.74, 6) is -1.39. The summed E-state index contributed by atoms with van der Waals surface area (Å²) in [6, 6.07) is 3.36. The highest BCUT2D eigenvalue weighted by atomic mass is 19.1. The molecule has 1 amide bonds. The molecule has 0 fully saturated rings. The Hall–Kier alpha value is -1.44. The van der Waals surface area contributed by atoms with Crippen LogP contribution in [-0.4, -0.2) is 36.2 Å². The van der Waals surface area contributed by atoms with E-state index in [0.29, 0.717) is 0 Å². The maximum Gasteiger partial charge on any atom is 0.488 e. The predicted molar refractivity (Wildman–Crippen MR) is 57.6 cm³/mol. The van der Waals surface area contributed by atoms with Gasteiger partial charge in [0.1, 0.15) is 5.82 Å². The van der Waals surface area contributed by atoms with Gasteiger partial charge in [0.05, 0.1) is 5.56 Å². The average Bonchev–Trinajstić information content (AvgIpc) is 2.25. The highest BCUT2D eigenvalue weighted by Gasteiger charge is 2.16. The Kier molecular flexibility index (Phi) is 4.42. The molecule has 0 saturated heterocycles. The van der Waals surface area contributed by atoms with Crippen molar-refractivity contribution < 1.29 is 19.2 Å². The van der Waals surface area contributed by atoms with Gasteiger partial charge in [-0.3, -0.25) is 4.79 Å². The number of carbonyl (C=O) groups is 1. The van der Waals surface area contributed by atoms with Gasteiger partial charge in [-0.05, 0) is 17.6 Å². The third-order valence-electron chi connectivity index (χ3n) is 1.97. The normalized spacial score (nSPS) is 10.0. The Balaban J connectivity index is 2.86. The third kappa shape index (κ3) is 3.03. The van der Waals surface area contributed by atoms with Gasteiger partial charge in [0, 0.05) is 13.1 Å². The van der Waals surface area contributed by atoms with Gasteiger partial charge in [-0.2, -0.15) is 0 Å². The molecule has 0 bridgehead atoms. The quantitative estimate of drug-likeness (QED) is 0.455. The van der Waals surface area contributed by atoms with Gasteiger partial charge < -0.3 is 21.1 Å². The minimum Gasteiger partial charge on any atom is -0.423 e. The molecular weight excluding hydrogens is 214 g/mol. The summed E-state index contributed by atoms with van der Waals surface area (Å²) in [4.78, 5) is 11.4. The maximum absolute atomic E-state index is 13.4. The fourth-order valence-corrected chi connectivity index (χ4v) is 1.16. The monoisotopic (exact) mass is 226 g/mol. The van der Waals surface area contributed by atoms with E-state index in [4.69, 9.17) is 15.8 Å². The Morgan fingerprint density at radius 2 is 2.19 bits per heavy atom. The smallest absolute Gasteiger partial charge is 0.423 e. The molecule has 0 aliphatic rings. The van der Waals surface area contributed by atoms with Crippen molar-refractivity contribution in [3.05, 3.63) is 29.6 Å². The van der Waals surface area contributed by atoms with E-state index < -0.39 is 18.8 Å². The van der Waals surface area contributed by atoms with Crippen LogP contribution in [0.3, 0.4) is 0 Å². The zero-order valence-corrected chi connectivity index (χ0v) is 8.48. The van der Waals surface area contributed by atoms with Crippen LogP contribution in [0.25, 0.3) is 0 Å². The van der Waals surface area contributed by atoms with E-state index in [2.05, 4.69) is 5.32 Å². The molecular formula is C9H12BFN2O3. The lowest BCUT2D eigenvalue weighted by Crippen LogP contribution is -2.33. The summed E-state index contributed by atoms with van der Waals surface area (Å²) < 4.78 is 13.4. The first kappa shape index (κ1) is 12.6. The van der Waals surface area contributed by atoms with E-state index in [0.717, 1.165) is 6.07 Å². The van der Waals surface area contributed by atoms with E-state index in [1.165, 1.54) is 12.1 Å². The van der Waals surface area contributed by atoms with Crippen LogP contribution in [0.4, 0.5) is 4.39 Å². The molecule has 1 rings (SSSR count). The molecule has 0 heterocycles. The van der Waals surface area contributed by atoms with Crippen LogP contribution < -0.4 is 16.5 Å². The van der Waals surface area contributed by atoms with E-state index in [1.54, 1.807) is 0 Å². The number of nitrogens with one attached hydrogen (secondary N) is 1. The minimum atomic E-state index is -1.75. The Morgan fingerprint density at radius 3 is 2.69 bits per heavy atom. The number of nitrogens with two attached hydrogens (primary N) is 1. The highest BCUT2D eigenvalue weighted by Crippen LogP contribution is 2.04. The van der Waals surface area contributed by atoms with Crippen molar-refractivity contribution in [1.82, 2.24) is 5.32 Å². The van der Waals surface area contributed by atoms with Gasteiger partial charge >= 0.3 is 7.12 Å². The van der Waals surface area contributed by atoms with E-state index in [-0.39, 0.29) is 24.1 Å². The molecule has 5 N–H and O–H groups in total. The van der Waals surface area contributed by atoms with Crippen molar-refractivity contribution in [3.8, 4) is 0 Å². The lowest BCUT2D eigenvalue weighted by Gasteiger charge is -2.06. The van der Waals surface area contributed by atoms with Crippen LogP contribution >= 0.6 is 0 Å². The maximum atomic E-state index is 13.4. The van der Waals surface area contributed by atoms with Crippen LogP contribution in [0.2, 0.25) is 0 Å². The lowest BCUT2D eigenvalue weighted by molar-refractivity contribution is 0.0950. The summed E-state index contributed by atoms with van der Waals surface area (Å²) in [5, 5.41) is 20.0. The van der Waals surface area contributed by atoms with Crippen molar-refractivity contribution in [2.75, 3.05) is 13.1 Å². The molecule has 0 saturated carbocycles. The number of hydrogen-bond donors (Lipinski definition) is 4. The molecule has 0 unspecified atom stereocenters. The van der Waals surface area contributed by atoms with E-state index >= 15 is 0 Å². The fourth-order valence-electron chi connectivity index (χ4n) is 1.16. The van der Waals surface area contributed by atoms with Crippen molar-refractivity contribution >= 4 is 18.5 Å². The minimum absolute atomic E-state index is 0.00660. The van der Waals surface area contributed by atoms with Crippen LogP contribution in [0.15, 0.2) is 18.2 Å². The molecule has 0 aliphatic heterocycles. The summed E-state index contributed by atoms with van der Waals surface area (Å²) in [6.45, 7) is 0.517. The SMILES string of the molecule is NCCNC(=O)c1ccc(B(O)O)cc1F. The van der Waals surface area contributed by atoms with Crippen molar-refractivity contribution in [3.63, 3.8) is 0 Å². The second-order valence-electron chi connectivity index (χ2n) is 3.16. The van der Waals surface area contributed by atoms with Gasteiger partial charge in [0.15, 0.2) is 0 Å². The standard InChI is InChI=1S/C9H12BFN2O3/c11-8-5-6(10(15)16)1-2-7(8)9(14)13-4-3-12/h1-2,5,15-16H,3-4,12H2,(H,13,14). The highest BCUT2D eigenvalue weighted by molar-refractivity contribution is 6.58. The molecule has 1 aromatic rings. The molecule has 0 aliphatic carbocycles. The summed E-state index contributed by atoms with van der Waals surface area (Å²) in [5.41, 5.74) is 5.02. The molecule has 0 spiro atoms. The van der Waals surface area contributed by atoms with Gasteiger partial charge in [0.25, 0.3) is 5.91 Å². The van der Waals surface area contributed by atoms with Crippen LogP contribution in [0.1, 0.15) is 10.4 Å². The van der Waals surface area contributed by atoms with Crippen LogP contribution in [0.5, 0.6) is 0 Å². The molecule has 0 aromatic heterocycles. The number of rotatable bonds is 4. The Labute approximate surface area is 92.2 Å². The fraction of sp³-hybridized carbons (Fsp3) is 0.222. The molecule has 1 aromatic carbocycles. The Morgan fingerprint density at radius 1 is 1.50 bits per heavy atom. The van der Waals surface area contributed by atoms with Crippen molar-refractivity contribution in [2.45, 2.75) is 0 Å². The molecule has 86 valence electrons. The van der Waals surface area contributed by atoms with Crippen molar-refractivity contribution in [2.24, 2.45) is 5.73 Å². The predicted octanol–water partition coefficient (Wildman–Crippen LogP) is -1.81. The number of hydrogen-bond acceptors (Lipinski definition) is 4. The van der Waals surface area contributed by atoms with E-state index in [9.17, 15) is 9.18 Å². The van der Waals surface area contributed by atoms with Crippen molar-refractivity contribution in [1.29, 1.82) is 0 Å². The molecule has 0 radical (unpaired) electrons. The summed E-state index contributed by atoms with van der Waals surface area (Å²) in [7, 11) is -1.75. The third-order valence-corrected chi connectivity index (χ3v) is 1.97. The summed E-state index contributed by atoms with van der Waals surface area (Å²) in [6.07, 6.45) is 0. The molecule has 5 nitrogen and oxygen atoms in total.